The SMILES string of the molecule is O=C1NCCCC1Nc1ncccc1Cl. The summed E-state index contributed by atoms with van der Waals surface area (Å²) in [6.45, 7) is 0.757. The number of halogens is 1. The molecule has 1 saturated heterocycles. The van der Waals surface area contributed by atoms with Crippen LogP contribution in [0.15, 0.2) is 18.3 Å². The van der Waals surface area contributed by atoms with Crippen molar-refractivity contribution in [2.75, 3.05) is 11.9 Å². The Morgan fingerprint density at radius 1 is 1.60 bits per heavy atom. The van der Waals surface area contributed by atoms with Gasteiger partial charge >= 0.3 is 0 Å². The van der Waals surface area contributed by atoms with Gasteiger partial charge in [0.25, 0.3) is 0 Å². The van der Waals surface area contributed by atoms with E-state index in [1.807, 2.05) is 0 Å². The van der Waals surface area contributed by atoms with E-state index in [0.29, 0.717) is 10.8 Å². The van der Waals surface area contributed by atoms with Gasteiger partial charge < -0.3 is 10.6 Å². The molecular formula is C10H12ClN3O. The molecule has 2 rings (SSSR count). The normalized spacial score (nSPS) is 20.9. The second-order valence-corrected chi connectivity index (χ2v) is 3.87. The maximum Gasteiger partial charge on any atom is 0.242 e. The highest BCUT2D eigenvalue weighted by Gasteiger charge is 2.22. The van der Waals surface area contributed by atoms with Gasteiger partial charge in [-0.1, -0.05) is 11.6 Å². The molecule has 1 aromatic heterocycles. The molecule has 1 unspecified atom stereocenters. The molecule has 1 atom stereocenters. The molecule has 0 aliphatic carbocycles. The maximum absolute atomic E-state index is 11.5. The van der Waals surface area contributed by atoms with E-state index in [2.05, 4.69) is 15.6 Å². The zero-order chi connectivity index (χ0) is 10.7. The average Bonchev–Trinajstić information content (AvgIpc) is 2.24. The number of anilines is 1. The van der Waals surface area contributed by atoms with Crippen LogP contribution >= 0.6 is 11.6 Å². The predicted molar refractivity (Wildman–Crippen MR) is 58.9 cm³/mol. The van der Waals surface area contributed by atoms with Gasteiger partial charge in [-0.3, -0.25) is 4.79 Å². The molecule has 0 bridgehead atoms. The van der Waals surface area contributed by atoms with Crippen LogP contribution in [0, 0.1) is 0 Å². The van der Waals surface area contributed by atoms with Crippen LogP contribution in [-0.4, -0.2) is 23.5 Å². The molecule has 0 aromatic carbocycles. The van der Waals surface area contributed by atoms with E-state index in [1.54, 1.807) is 18.3 Å². The summed E-state index contributed by atoms with van der Waals surface area (Å²) < 4.78 is 0. The minimum Gasteiger partial charge on any atom is -0.357 e. The Kier molecular flexibility index (Phi) is 3.06. The summed E-state index contributed by atoms with van der Waals surface area (Å²) >= 11 is 5.93. The zero-order valence-electron chi connectivity index (χ0n) is 8.16. The number of rotatable bonds is 2. The Morgan fingerprint density at radius 2 is 2.47 bits per heavy atom. The predicted octanol–water partition coefficient (Wildman–Crippen LogP) is 1.43. The first-order valence-electron chi connectivity index (χ1n) is 4.92. The van der Waals surface area contributed by atoms with Gasteiger partial charge in [0, 0.05) is 12.7 Å². The second kappa shape index (κ2) is 4.49. The molecule has 1 aliphatic heterocycles. The van der Waals surface area contributed by atoms with Crippen LogP contribution < -0.4 is 10.6 Å². The van der Waals surface area contributed by atoms with Crippen molar-refractivity contribution in [1.29, 1.82) is 0 Å². The number of piperidine rings is 1. The van der Waals surface area contributed by atoms with Gasteiger partial charge in [-0.15, -0.1) is 0 Å². The molecule has 2 N–H and O–H groups in total. The summed E-state index contributed by atoms with van der Waals surface area (Å²) in [5, 5.41) is 6.38. The number of hydrogen-bond acceptors (Lipinski definition) is 3. The highest BCUT2D eigenvalue weighted by molar-refractivity contribution is 6.32. The molecule has 1 aliphatic rings. The Bertz CT molecular complexity index is 369. The third-order valence-electron chi connectivity index (χ3n) is 2.35. The molecule has 1 aromatic rings. The van der Waals surface area contributed by atoms with Gasteiger partial charge in [0.1, 0.15) is 11.9 Å². The minimum atomic E-state index is -0.217. The molecule has 2 heterocycles. The number of aromatic nitrogens is 1. The van der Waals surface area contributed by atoms with Crippen molar-refractivity contribution in [2.45, 2.75) is 18.9 Å². The lowest BCUT2D eigenvalue weighted by Crippen LogP contribution is -2.44. The van der Waals surface area contributed by atoms with E-state index in [0.717, 1.165) is 19.4 Å². The fourth-order valence-electron chi connectivity index (χ4n) is 1.57. The first-order chi connectivity index (χ1) is 7.27. The number of hydrogen-bond donors (Lipinski definition) is 2. The van der Waals surface area contributed by atoms with Crippen molar-refractivity contribution in [1.82, 2.24) is 10.3 Å². The van der Waals surface area contributed by atoms with Gasteiger partial charge in [-0.25, -0.2) is 4.98 Å². The lowest BCUT2D eigenvalue weighted by Gasteiger charge is -2.23. The van der Waals surface area contributed by atoms with Crippen LogP contribution in [0.25, 0.3) is 0 Å². The van der Waals surface area contributed by atoms with Crippen molar-refractivity contribution in [3.63, 3.8) is 0 Å². The van der Waals surface area contributed by atoms with Crippen LogP contribution in [0.4, 0.5) is 5.82 Å². The number of pyridine rings is 1. The summed E-state index contributed by atoms with van der Waals surface area (Å²) in [6, 6.07) is 3.29. The standard InChI is InChI=1S/C10H12ClN3O/c11-7-3-1-5-12-9(7)14-8-4-2-6-13-10(8)15/h1,3,5,8H,2,4,6H2,(H,12,14)(H,13,15). The molecule has 0 saturated carbocycles. The third-order valence-corrected chi connectivity index (χ3v) is 2.66. The molecule has 0 spiro atoms. The lowest BCUT2D eigenvalue weighted by atomic mass is 10.1. The second-order valence-electron chi connectivity index (χ2n) is 3.46. The van der Waals surface area contributed by atoms with Gasteiger partial charge in [0.05, 0.1) is 5.02 Å². The van der Waals surface area contributed by atoms with Crippen molar-refractivity contribution in [3.8, 4) is 0 Å². The summed E-state index contributed by atoms with van der Waals surface area (Å²) in [5.41, 5.74) is 0. The maximum atomic E-state index is 11.5. The number of nitrogens with zero attached hydrogens (tertiary/aromatic N) is 1. The molecule has 80 valence electrons. The Hall–Kier alpha value is -1.29. The summed E-state index contributed by atoms with van der Waals surface area (Å²) in [4.78, 5) is 15.5. The minimum absolute atomic E-state index is 0.0166. The number of carbonyl (C=O) groups is 1. The fourth-order valence-corrected chi connectivity index (χ4v) is 1.74. The average molecular weight is 226 g/mol. The summed E-state index contributed by atoms with van der Waals surface area (Å²) in [5.74, 6) is 0.587. The molecule has 15 heavy (non-hydrogen) atoms. The van der Waals surface area contributed by atoms with E-state index in [-0.39, 0.29) is 11.9 Å². The van der Waals surface area contributed by atoms with Gasteiger partial charge in [-0.2, -0.15) is 0 Å². The van der Waals surface area contributed by atoms with E-state index in [1.165, 1.54) is 0 Å². The number of nitrogens with one attached hydrogen (secondary N) is 2. The Labute approximate surface area is 93.0 Å². The van der Waals surface area contributed by atoms with Crippen LogP contribution in [0.2, 0.25) is 5.02 Å². The first kappa shape index (κ1) is 10.2. The molecular weight excluding hydrogens is 214 g/mol. The summed E-state index contributed by atoms with van der Waals surface area (Å²) in [6.07, 6.45) is 3.45. The Morgan fingerprint density at radius 3 is 3.20 bits per heavy atom. The lowest BCUT2D eigenvalue weighted by molar-refractivity contribution is -0.123. The first-order valence-corrected chi connectivity index (χ1v) is 5.30. The third kappa shape index (κ3) is 2.39. The van der Waals surface area contributed by atoms with Crippen LogP contribution in [0.5, 0.6) is 0 Å². The van der Waals surface area contributed by atoms with Crippen LogP contribution in [0.3, 0.4) is 0 Å². The highest BCUT2D eigenvalue weighted by atomic mass is 35.5. The number of carbonyl (C=O) groups excluding carboxylic acids is 1. The number of amides is 1. The zero-order valence-corrected chi connectivity index (χ0v) is 8.92. The van der Waals surface area contributed by atoms with Crippen molar-refractivity contribution < 1.29 is 4.79 Å². The topological polar surface area (TPSA) is 54.0 Å². The van der Waals surface area contributed by atoms with Crippen LogP contribution in [-0.2, 0) is 4.79 Å². The van der Waals surface area contributed by atoms with E-state index in [4.69, 9.17) is 11.6 Å². The van der Waals surface area contributed by atoms with Crippen molar-refractivity contribution in [3.05, 3.63) is 23.4 Å². The van der Waals surface area contributed by atoms with E-state index >= 15 is 0 Å². The molecule has 0 radical (unpaired) electrons. The van der Waals surface area contributed by atoms with Crippen molar-refractivity contribution in [2.24, 2.45) is 0 Å². The quantitative estimate of drug-likeness (QED) is 0.801. The molecule has 4 nitrogen and oxygen atoms in total. The molecule has 5 heteroatoms. The van der Waals surface area contributed by atoms with Crippen LogP contribution in [0.1, 0.15) is 12.8 Å². The Balaban J connectivity index is 2.08. The smallest absolute Gasteiger partial charge is 0.242 e. The monoisotopic (exact) mass is 225 g/mol. The molecule has 1 fully saturated rings. The van der Waals surface area contributed by atoms with E-state index < -0.39 is 0 Å². The van der Waals surface area contributed by atoms with Gasteiger partial charge in [0.2, 0.25) is 5.91 Å². The van der Waals surface area contributed by atoms with Gasteiger partial charge in [0.15, 0.2) is 0 Å². The van der Waals surface area contributed by atoms with E-state index in [9.17, 15) is 4.79 Å². The highest BCUT2D eigenvalue weighted by Crippen LogP contribution is 2.19. The van der Waals surface area contributed by atoms with Crippen molar-refractivity contribution >= 4 is 23.3 Å². The summed E-state index contributed by atoms with van der Waals surface area (Å²) in [7, 11) is 0. The largest absolute Gasteiger partial charge is 0.357 e. The molecule has 1 amide bonds. The fraction of sp³-hybridized carbons (Fsp3) is 0.400. The van der Waals surface area contributed by atoms with Gasteiger partial charge in [-0.05, 0) is 25.0 Å².